The Kier molecular flexibility index (Phi) is 3.68. The lowest BCUT2D eigenvalue weighted by Gasteiger charge is -2.32. The fraction of sp³-hybridized carbons (Fsp3) is 1.00. The van der Waals surface area contributed by atoms with E-state index in [1.165, 1.54) is 38.6 Å². The predicted molar refractivity (Wildman–Crippen MR) is 63.0 cm³/mol. The van der Waals surface area contributed by atoms with Crippen LogP contribution >= 0.6 is 0 Å². The molecule has 15 heavy (non-hydrogen) atoms. The quantitative estimate of drug-likeness (QED) is 0.774. The van der Waals surface area contributed by atoms with Gasteiger partial charge in [-0.25, -0.2) is 0 Å². The molecule has 2 rings (SSSR count). The molecule has 3 unspecified atom stereocenters. The van der Waals surface area contributed by atoms with Crippen molar-refractivity contribution in [1.29, 1.82) is 0 Å². The Morgan fingerprint density at radius 1 is 1.33 bits per heavy atom. The molecule has 0 spiro atoms. The molecule has 2 aliphatic rings. The molecule has 1 saturated heterocycles. The van der Waals surface area contributed by atoms with E-state index in [4.69, 9.17) is 4.74 Å². The molecule has 0 aromatic rings. The number of hydrogen-bond donors (Lipinski definition) is 1. The summed E-state index contributed by atoms with van der Waals surface area (Å²) >= 11 is 0. The van der Waals surface area contributed by atoms with Gasteiger partial charge in [-0.2, -0.15) is 0 Å². The fourth-order valence-corrected chi connectivity index (χ4v) is 2.88. The highest BCUT2D eigenvalue weighted by molar-refractivity contribution is 4.88. The summed E-state index contributed by atoms with van der Waals surface area (Å²) in [5.41, 5.74) is 0.261. The van der Waals surface area contributed by atoms with Crippen molar-refractivity contribution in [2.45, 2.75) is 51.5 Å². The molecule has 2 heteroatoms. The average molecular weight is 211 g/mol. The van der Waals surface area contributed by atoms with Crippen molar-refractivity contribution in [3.05, 3.63) is 0 Å². The number of hydrogen-bond acceptors (Lipinski definition) is 2. The smallest absolute Gasteiger partial charge is 0.0646 e. The van der Waals surface area contributed by atoms with E-state index in [9.17, 15) is 0 Å². The largest absolute Gasteiger partial charge is 0.379 e. The van der Waals surface area contributed by atoms with Crippen LogP contribution in [-0.2, 0) is 4.74 Å². The number of rotatable bonds is 3. The second-order valence-electron chi connectivity index (χ2n) is 5.77. The monoisotopic (exact) mass is 211 g/mol. The van der Waals surface area contributed by atoms with Crippen LogP contribution in [0.25, 0.3) is 0 Å². The topological polar surface area (TPSA) is 21.3 Å². The molecule has 1 N–H and O–H groups in total. The van der Waals surface area contributed by atoms with Gasteiger partial charge in [0.15, 0.2) is 0 Å². The minimum absolute atomic E-state index is 0.261. The van der Waals surface area contributed by atoms with Crippen LogP contribution in [0.2, 0.25) is 0 Å². The van der Waals surface area contributed by atoms with Crippen molar-refractivity contribution in [1.82, 2.24) is 5.32 Å². The van der Waals surface area contributed by atoms with Gasteiger partial charge in [-0.3, -0.25) is 0 Å². The van der Waals surface area contributed by atoms with E-state index >= 15 is 0 Å². The normalized spacial score (nSPS) is 42.0. The van der Waals surface area contributed by atoms with Gasteiger partial charge in [0, 0.05) is 12.1 Å². The standard InChI is InChI=1S/C13H25NO/c1-11-5-3-4-6-12(11)9-14-13(2)7-8-15-10-13/h11-12,14H,3-10H2,1-2H3. The molecule has 0 bridgehead atoms. The Hall–Kier alpha value is -0.0800. The molecule has 3 atom stereocenters. The van der Waals surface area contributed by atoms with Gasteiger partial charge in [0.25, 0.3) is 0 Å². The molecule has 2 fully saturated rings. The van der Waals surface area contributed by atoms with Crippen molar-refractivity contribution < 1.29 is 4.74 Å². The highest BCUT2D eigenvalue weighted by Gasteiger charge is 2.31. The highest BCUT2D eigenvalue weighted by atomic mass is 16.5. The molecule has 0 aromatic heterocycles. The minimum Gasteiger partial charge on any atom is -0.379 e. The third kappa shape index (κ3) is 2.94. The maximum atomic E-state index is 5.46. The Bertz CT molecular complexity index is 199. The maximum Gasteiger partial charge on any atom is 0.0646 e. The Morgan fingerprint density at radius 2 is 2.13 bits per heavy atom. The minimum atomic E-state index is 0.261. The molecule has 0 radical (unpaired) electrons. The van der Waals surface area contributed by atoms with Crippen molar-refractivity contribution >= 4 is 0 Å². The van der Waals surface area contributed by atoms with Crippen LogP contribution < -0.4 is 5.32 Å². The van der Waals surface area contributed by atoms with E-state index in [2.05, 4.69) is 19.2 Å². The fourth-order valence-electron chi connectivity index (χ4n) is 2.88. The predicted octanol–water partition coefficient (Wildman–Crippen LogP) is 2.58. The second-order valence-corrected chi connectivity index (χ2v) is 5.77. The van der Waals surface area contributed by atoms with Gasteiger partial charge in [-0.1, -0.05) is 26.2 Å². The van der Waals surface area contributed by atoms with Crippen LogP contribution in [0.3, 0.4) is 0 Å². The summed E-state index contributed by atoms with van der Waals surface area (Å²) in [5, 5.41) is 3.73. The van der Waals surface area contributed by atoms with Gasteiger partial charge in [0.2, 0.25) is 0 Å². The Balaban J connectivity index is 1.76. The summed E-state index contributed by atoms with van der Waals surface area (Å²) in [7, 11) is 0. The second kappa shape index (κ2) is 4.84. The van der Waals surface area contributed by atoms with Crippen LogP contribution in [0.15, 0.2) is 0 Å². The molecular weight excluding hydrogens is 186 g/mol. The summed E-state index contributed by atoms with van der Waals surface area (Å²) in [6, 6.07) is 0. The average Bonchev–Trinajstić information content (AvgIpc) is 2.65. The molecule has 2 nitrogen and oxygen atoms in total. The van der Waals surface area contributed by atoms with Gasteiger partial charge in [0.1, 0.15) is 0 Å². The lowest BCUT2D eigenvalue weighted by atomic mass is 9.80. The highest BCUT2D eigenvalue weighted by Crippen LogP contribution is 2.29. The molecule has 1 heterocycles. The van der Waals surface area contributed by atoms with Gasteiger partial charge < -0.3 is 10.1 Å². The van der Waals surface area contributed by atoms with Crippen molar-refractivity contribution in [2.24, 2.45) is 11.8 Å². The third-order valence-corrected chi connectivity index (χ3v) is 4.30. The summed E-state index contributed by atoms with van der Waals surface area (Å²) in [6.45, 7) is 7.74. The Labute approximate surface area is 93.8 Å². The zero-order valence-electron chi connectivity index (χ0n) is 10.2. The first kappa shape index (κ1) is 11.4. The van der Waals surface area contributed by atoms with Crippen molar-refractivity contribution in [3.63, 3.8) is 0 Å². The van der Waals surface area contributed by atoms with Gasteiger partial charge >= 0.3 is 0 Å². The van der Waals surface area contributed by atoms with E-state index in [1.807, 2.05) is 0 Å². The molecular formula is C13H25NO. The first-order valence-corrected chi connectivity index (χ1v) is 6.52. The van der Waals surface area contributed by atoms with Crippen LogP contribution in [0, 0.1) is 11.8 Å². The Morgan fingerprint density at radius 3 is 2.80 bits per heavy atom. The zero-order valence-corrected chi connectivity index (χ0v) is 10.2. The zero-order chi connectivity index (χ0) is 10.7. The van der Waals surface area contributed by atoms with Crippen LogP contribution in [0.5, 0.6) is 0 Å². The van der Waals surface area contributed by atoms with E-state index in [-0.39, 0.29) is 5.54 Å². The van der Waals surface area contributed by atoms with E-state index in [0.717, 1.165) is 25.0 Å². The van der Waals surface area contributed by atoms with Crippen molar-refractivity contribution in [2.75, 3.05) is 19.8 Å². The SMILES string of the molecule is CC1CCCCC1CNC1(C)CCOC1. The molecule has 88 valence electrons. The van der Waals surface area contributed by atoms with E-state index < -0.39 is 0 Å². The first-order valence-electron chi connectivity index (χ1n) is 6.52. The van der Waals surface area contributed by atoms with Crippen LogP contribution in [-0.4, -0.2) is 25.3 Å². The number of ether oxygens (including phenoxy) is 1. The molecule has 0 amide bonds. The summed E-state index contributed by atoms with van der Waals surface area (Å²) in [4.78, 5) is 0. The molecule has 1 aliphatic carbocycles. The van der Waals surface area contributed by atoms with Crippen LogP contribution in [0.1, 0.15) is 46.0 Å². The van der Waals surface area contributed by atoms with Crippen LogP contribution in [0.4, 0.5) is 0 Å². The molecule has 1 saturated carbocycles. The van der Waals surface area contributed by atoms with E-state index in [0.29, 0.717) is 0 Å². The van der Waals surface area contributed by atoms with Gasteiger partial charge in [0.05, 0.1) is 6.61 Å². The van der Waals surface area contributed by atoms with Crippen molar-refractivity contribution in [3.8, 4) is 0 Å². The van der Waals surface area contributed by atoms with Gasteiger partial charge in [-0.15, -0.1) is 0 Å². The molecule has 0 aromatic carbocycles. The summed E-state index contributed by atoms with van der Waals surface area (Å²) in [6.07, 6.45) is 6.90. The van der Waals surface area contributed by atoms with E-state index in [1.54, 1.807) is 0 Å². The third-order valence-electron chi connectivity index (χ3n) is 4.30. The first-order chi connectivity index (χ1) is 7.20. The molecule has 1 aliphatic heterocycles. The number of nitrogens with one attached hydrogen (secondary N) is 1. The van der Waals surface area contributed by atoms with Gasteiger partial charge in [-0.05, 0) is 38.1 Å². The summed E-state index contributed by atoms with van der Waals surface area (Å²) in [5.74, 6) is 1.81. The summed E-state index contributed by atoms with van der Waals surface area (Å²) < 4.78 is 5.46. The maximum absolute atomic E-state index is 5.46. The lowest BCUT2D eigenvalue weighted by Crippen LogP contribution is -2.46. The lowest BCUT2D eigenvalue weighted by molar-refractivity contribution is 0.162.